The minimum atomic E-state index is 0.191. The van der Waals surface area contributed by atoms with Crippen LogP contribution in [0.4, 0.5) is 5.82 Å². The lowest BCUT2D eigenvalue weighted by atomic mass is 10.00. The molecule has 3 aromatic heterocycles. The van der Waals surface area contributed by atoms with E-state index < -0.39 is 0 Å². The van der Waals surface area contributed by atoms with E-state index in [2.05, 4.69) is 55.7 Å². The van der Waals surface area contributed by atoms with Crippen molar-refractivity contribution in [3.05, 3.63) is 84.1 Å². The predicted octanol–water partition coefficient (Wildman–Crippen LogP) is 3.09. The van der Waals surface area contributed by atoms with Gasteiger partial charge in [0.05, 0.1) is 0 Å². The Kier molecular flexibility index (Phi) is 4.55. The van der Waals surface area contributed by atoms with Gasteiger partial charge >= 0.3 is 0 Å². The van der Waals surface area contributed by atoms with Crippen LogP contribution in [-0.2, 0) is 12.8 Å². The molecule has 1 aromatic carbocycles. The summed E-state index contributed by atoms with van der Waals surface area (Å²) < 4.78 is 1.76. The first-order valence-corrected chi connectivity index (χ1v) is 8.66. The summed E-state index contributed by atoms with van der Waals surface area (Å²) in [7, 11) is 0. The van der Waals surface area contributed by atoms with Gasteiger partial charge in [0.1, 0.15) is 11.6 Å². The van der Waals surface area contributed by atoms with Crippen molar-refractivity contribution in [1.82, 2.24) is 24.6 Å². The predicted molar refractivity (Wildman–Crippen MR) is 101 cm³/mol. The molecule has 1 N–H and O–H groups in total. The number of fused-ring (bicyclic) bond motifs is 1. The summed E-state index contributed by atoms with van der Waals surface area (Å²) in [5.41, 5.74) is 2.48. The molecule has 0 aliphatic heterocycles. The SMILES string of the molecule is Cc1nc2nccc(NC(Cc3ccccc3)Cc3cccnc3)n2n1. The highest BCUT2D eigenvalue weighted by Crippen LogP contribution is 2.15. The molecule has 0 saturated carbocycles. The average Bonchev–Trinajstić information content (AvgIpc) is 3.05. The second kappa shape index (κ2) is 7.31. The van der Waals surface area contributed by atoms with Crippen molar-refractivity contribution in [3.8, 4) is 0 Å². The third kappa shape index (κ3) is 3.69. The summed E-state index contributed by atoms with van der Waals surface area (Å²) in [6.45, 7) is 1.87. The number of rotatable bonds is 6. The standard InChI is InChI=1S/C20H20N6/c1-15-23-20-22-11-9-19(26(20)25-15)24-18(12-16-6-3-2-4-7-16)13-17-8-5-10-21-14-17/h2-11,14,18,24H,12-13H2,1H3. The van der Waals surface area contributed by atoms with E-state index in [1.54, 1.807) is 16.9 Å². The fourth-order valence-electron chi connectivity index (χ4n) is 3.09. The lowest BCUT2D eigenvalue weighted by Gasteiger charge is -2.20. The minimum Gasteiger partial charge on any atom is -0.366 e. The highest BCUT2D eigenvalue weighted by Gasteiger charge is 2.14. The zero-order valence-corrected chi connectivity index (χ0v) is 14.6. The normalized spacial score (nSPS) is 12.2. The van der Waals surface area contributed by atoms with Gasteiger partial charge in [-0.3, -0.25) is 4.98 Å². The van der Waals surface area contributed by atoms with Gasteiger partial charge < -0.3 is 5.32 Å². The zero-order valence-electron chi connectivity index (χ0n) is 14.6. The average molecular weight is 344 g/mol. The van der Waals surface area contributed by atoms with E-state index in [9.17, 15) is 0 Å². The first-order chi connectivity index (χ1) is 12.8. The molecule has 0 fully saturated rings. The molecule has 6 heteroatoms. The lowest BCUT2D eigenvalue weighted by molar-refractivity contribution is 0.698. The van der Waals surface area contributed by atoms with Gasteiger partial charge in [-0.2, -0.15) is 9.50 Å². The maximum absolute atomic E-state index is 4.45. The van der Waals surface area contributed by atoms with Gasteiger partial charge in [-0.25, -0.2) is 4.98 Å². The Morgan fingerprint density at radius 2 is 1.77 bits per heavy atom. The Morgan fingerprint density at radius 3 is 2.58 bits per heavy atom. The van der Waals surface area contributed by atoms with Crippen LogP contribution >= 0.6 is 0 Å². The van der Waals surface area contributed by atoms with E-state index in [-0.39, 0.29) is 6.04 Å². The second-order valence-corrected chi connectivity index (χ2v) is 6.30. The highest BCUT2D eigenvalue weighted by molar-refractivity contribution is 5.44. The molecule has 0 spiro atoms. The second-order valence-electron chi connectivity index (χ2n) is 6.30. The van der Waals surface area contributed by atoms with Crippen molar-refractivity contribution in [3.63, 3.8) is 0 Å². The topological polar surface area (TPSA) is 68.0 Å². The van der Waals surface area contributed by atoms with Crippen molar-refractivity contribution in [2.24, 2.45) is 0 Å². The zero-order chi connectivity index (χ0) is 17.8. The van der Waals surface area contributed by atoms with E-state index in [0.717, 1.165) is 18.7 Å². The van der Waals surface area contributed by atoms with E-state index >= 15 is 0 Å². The molecule has 4 rings (SSSR count). The number of hydrogen-bond donors (Lipinski definition) is 1. The van der Waals surface area contributed by atoms with E-state index in [4.69, 9.17) is 0 Å². The molecule has 3 heterocycles. The van der Waals surface area contributed by atoms with Crippen LogP contribution in [0, 0.1) is 6.92 Å². The third-order valence-corrected chi connectivity index (χ3v) is 4.23. The number of anilines is 1. The molecule has 1 atom stereocenters. The van der Waals surface area contributed by atoms with Crippen LogP contribution in [0.3, 0.4) is 0 Å². The molecular weight excluding hydrogens is 324 g/mol. The number of benzene rings is 1. The van der Waals surface area contributed by atoms with Crippen molar-refractivity contribution in [2.45, 2.75) is 25.8 Å². The van der Waals surface area contributed by atoms with Crippen LogP contribution in [0.25, 0.3) is 5.78 Å². The van der Waals surface area contributed by atoms with Gasteiger partial charge in [-0.15, -0.1) is 5.10 Å². The Bertz CT molecular complexity index is 940. The highest BCUT2D eigenvalue weighted by atomic mass is 15.4. The Balaban J connectivity index is 1.63. The van der Waals surface area contributed by atoms with Gasteiger partial charge in [0.15, 0.2) is 0 Å². The summed E-state index contributed by atoms with van der Waals surface area (Å²) in [6.07, 6.45) is 7.23. The Hall–Kier alpha value is -3.28. The van der Waals surface area contributed by atoms with Crippen LogP contribution in [0.2, 0.25) is 0 Å². The molecule has 0 bridgehead atoms. The molecule has 26 heavy (non-hydrogen) atoms. The molecule has 0 radical (unpaired) electrons. The number of aryl methyl sites for hydroxylation is 1. The molecular formula is C20H20N6. The van der Waals surface area contributed by atoms with Gasteiger partial charge in [0.25, 0.3) is 5.78 Å². The molecule has 0 aliphatic rings. The van der Waals surface area contributed by atoms with E-state index in [1.165, 1.54) is 11.1 Å². The monoisotopic (exact) mass is 344 g/mol. The van der Waals surface area contributed by atoms with Crippen LogP contribution < -0.4 is 5.32 Å². The van der Waals surface area contributed by atoms with E-state index in [0.29, 0.717) is 11.6 Å². The van der Waals surface area contributed by atoms with Crippen molar-refractivity contribution < 1.29 is 0 Å². The fourth-order valence-corrected chi connectivity index (χ4v) is 3.09. The summed E-state index contributed by atoms with van der Waals surface area (Å²) >= 11 is 0. The van der Waals surface area contributed by atoms with Crippen LogP contribution in [-0.4, -0.2) is 30.6 Å². The quantitative estimate of drug-likeness (QED) is 0.582. The van der Waals surface area contributed by atoms with Gasteiger partial charge in [-0.1, -0.05) is 36.4 Å². The van der Waals surface area contributed by atoms with Gasteiger partial charge in [0.2, 0.25) is 0 Å². The maximum atomic E-state index is 4.45. The largest absolute Gasteiger partial charge is 0.366 e. The smallest absolute Gasteiger partial charge is 0.254 e. The van der Waals surface area contributed by atoms with Crippen LogP contribution in [0.1, 0.15) is 17.0 Å². The van der Waals surface area contributed by atoms with Gasteiger partial charge in [0, 0.05) is 24.6 Å². The number of pyridine rings is 1. The third-order valence-electron chi connectivity index (χ3n) is 4.23. The first-order valence-electron chi connectivity index (χ1n) is 8.66. The number of nitrogens with one attached hydrogen (secondary N) is 1. The lowest BCUT2D eigenvalue weighted by Crippen LogP contribution is -2.26. The van der Waals surface area contributed by atoms with Crippen LogP contribution in [0.5, 0.6) is 0 Å². The Morgan fingerprint density at radius 1 is 0.962 bits per heavy atom. The van der Waals surface area contributed by atoms with Gasteiger partial charge in [-0.05, 0) is 43.0 Å². The maximum Gasteiger partial charge on any atom is 0.254 e. The Labute approximate surface area is 152 Å². The summed E-state index contributed by atoms with van der Waals surface area (Å²) in [5.74, 6) is 2.20. The molecule has 0 amide bonds. The van der Waals surface area contributed by atoms with E-state index in [1.807, 2.05) is 31.3 Å². The number of nitrogens with zero attached hydrogens (tertiary/aromatic N) is 5. The molecule has 130 valence electrons. The minimum absolute atomic E-state index is 0.191. The summed E-state index contributed by atoms with van der Waals surface area (Å²) in [4.78, 5) is 12.9. The van der Waals surface area contributed by atoms with Crippen molar-refractivity contribution >= 4 is 11.6 Å². The van der Waals surface area contributed by atoms with Crippen LogP contribution in [0.15, 0.2) is 67.1 Å². The van der Waals surface area contributed by atoms with Crippen molar-refractivity contribution in [1.29, 1.82) is 0 Å². The molecule has 4 aromatic rings. The molecule has 0 aliphatic carbocycles. The van der Waals surface area contributed by atoms with Crippen molar-refractivity contribution in [2.75, 3.05) is 5.32 Å². The first kappa shape index (κ1) is 16.2. The molecule has 1 unspecified atom stereocenters. The summed E-state index contributed by atoms with van der Waals surface area (Å²) in [6, 6.07) is 16.7. The number of aromatic nitrogens is 5. The number of hydrogen-bond acceptors (Lipinski definition) is 5. The molecule has 6 nitrogen and oxygen atoms in total. The fraction of sp³-hybridized carbons (Fsp3) is 0.200. The summed E-state index contributed by atoms with van der Waals surface area (Å²) in [5, 5.41) is 8.07. The molecule has 0 saturated heterocycles.